The fourth-order valence-corrected chi connectivity index (χ4v) is 1.58. The minimum atomic E-state index is -0.419. The van der Waals surface area contributed by atoms with Gasteiger partial charge in [0.05, 0.1) is 6.10 Å². The second-order valence-electron chi connectivity index (χ2n) is 3.35. The van der Waals surface area contributed by atoms with Crippen molar-refractivity contribution in [2.75, 3.05) is 5.88 Å². The first kappa shape index (κ1) is 10.6. The largest absolute Gasteiger partial charge is 0.388 e. The summed E-state index contributed by atoms with van der Waals surface area (Å²) in [5, 5.41) is 9.74. The third kappa shape index (κ3) is 2.71. The third-order valence-corrected chi connectivity index (χ3v) is 2.39. The van der Waals surface area contributed by atoms with Crippen LogP contribution in [0.25, 0.3) is 0 Å². The summed E-state index contributed by atoms with van der Waals surface area (Å²) in [5.74, 6) is 0.495. The van der Waals surface area contributed by atoms with Crippen LogP contribution in [0.15, 0.2) is 18.2 Å². The fourth-order valence-electron chi connectivity index (χ4n) is 1.38. The molecule has 1 unspecified atom stereocenters. The number of alkyl halides is 1. The first-order chi connectivity index (χ1) is 6.15. The van der Waals surface area contributed by atoms with Gasteiger partial charge in [0.15, 0.2) is 0 Å². The first-order valence-electron chi connectivity index (χ1n) is 4.46. The Labute approximate surface area is 84.4 Å². The van der Waals surface area contributed by atoms with E-state index in [2.05, 4.69) is 0 Å². The molecular formula is C11H15ClO. The predicted octanol–water partition coefficient (Wildman–Crippen LogP) is 2.97. The smallest absolute Gasteiger partial charge is 0.0804 e. The maximum atomic E-state index is 9.74. The minimum Gasteiger partial charge on any atom is -0.388 e. The average molecular weight is 199 g/mol. The molecular weight excluding hydrogens is 184 g/mol. The number of hydrogen-bond donors (Lipinski definition) is 1. The van der Waals surface area contributed by atoms with Gasteiger partial charge in [-0.15, -0.1) is 11.6 Å². The lowest BCUT2D eigenvalue weighted by Gasteiger charge is -2.12. The maximum absolute atomic E-state index is 9.74. The second kappa shape index (κ2) is 4.64. The molecule has 2 heteroatoms. The summed E-state index contributed by atoms with van der Waals surface area (Å²) in [6, 6.07) is 6.10. The molecule has 1 aromatic rings. The van der Waals surface area contributed by atoms with Crippen LogP contribution < -0.4 is 0 Å². The van der Waals surface area contributed by atoms with Gasteiger partial charge in [0.1, 0.15) is 0 Å². The number of hydrogen-bond acceptors (Lipinski definition) is 1. The van der Waals surface area contributed by atoms with E-state index in [1.807, 2.05) is 32.0 Å². The van der Waals surface area contributed by atoms with Crippen LogP contribution in [-0.2, 0) is 0 Å². The molecule has 0 aliphatic heterocycles. The minimum absolute atomic E-state index is 0.419. The van der Waals surface area contributed by atoms with Crippen molar-refractivity contribution in [2.24, 2.45) is 0 Å². The molecule has 0 aliphatic rings. The van der Waals surface area contributed by atoms with Gasteiger partial charge < -0.3 is 5.11 Å². The van der Waals surface area contributed by atoms with Gasteiger partial charge in [0, 0.05) is 5.88 Å². The topological polar surface area (TPSA) is 20.2 Å². The Morgan fingerprint density at radius 2 is 2.08 bits per heavy atom. The van der Waals surface area contributed by atoms with E-state index < -0.39 is 6.10 Å². The zero-order valence-electron chi connectivity index (χ0n) is 8.05. The quantitative estimate of drug-likeness (QED) is 0.741. The van der Waals surface area contributed by atoms with Crippen LogP contribution in [0.2, 0.25) is 0 Å². The van der Waals surface area contributed by atoms with E-state index in [0.717, 1.165) is 11.1 Å². The van der Waals surface area contributed by atoms with Gasteiger partial charge in [-0.2, -0.15) is 0 Å². The second-order valence-corrected chi connectivity index (χ2v) is 3.73. The van der Waals surface area contributed by atoms with E-state index in [-0.39, 0.29) is 0 Å². The zero-order chi connectivity index (χ0) is 9.84. The maximum Gasteiger partial charge on any atom is 0.0804 e. The molecule has 0 heterocycles. The monoisotopic (exact) mass is 198 g/mol. The highest BCUT2D eigenvalue weighted by Crippen LogP contribution is 2.21. The number of halogens is 1. The van der Waals surface area contributed by atoms with Crippen molar-refractivity contribution in [3.8, 4) is 0 Å². The molecule has 1 rings (SSSR count). The number of benzene rings is 1. The molecule has 1 atom stereocenters. The Hall–Kier alpha value is -0.530. The SMILES string of the molecule is Cc1ccc(C)c(C(O)CCCl)c1. The van der Waals surface area contributed by atoms with Gasteiger partial charge in [-0.3, -0.25) is 0 Å². The van der Waals surface area contributed by atoms with Gasteiger partial charge >= 0.3 is 0 Å². The van der Waals surface area contributed by atoms with Crippen molar-refractivity contribution in [1.29, 1.82) is 0 Å². The van der Waals surface area contributed by atoms with Crippen LogP contribution in [0.3, 0.4) is 0 Å². The van der Waals surface area contributed by atoms with Crippen molar-refractivity contribution in [3.63, 3.8) is 0 Å². The number of aliphatic hydroxyl groups excluding tert-OH is 1. The molecule has 13 heavy (non-hydrogen) atoms. The Balaban J connectivity index is 2.91. The van der Waals surface area contributed by atoms with Crippen molar-refractivity contribution in [2.45, 2.75) is 26.4 Å². The van der Waals surface area contributed by atoms with Gasteiger partial charge in [0.2, 0.25) is 0 Å². The standard InChI is InChI=1S/C11H15ClO/c1-8-3-4-9(2)10(7-8)11(13)5-6-12/h3-4,7,11,13H,5-6H2,1-2H3. The summed E-state index contributed by atoms with van der Waals surface area (Å²) in [4.78, 5) is 0. The highest BCUT2D eigenvalue weighted by atomic mass is 35.5. The molecule has 0 spiro atoms. The van der Waals surface area contributed by atoms with E-state index >= 15 is 0 Å². The normalized spacial score (nSPS) is 12.9. The number of rotatable bonds is 3. The van der Waals surface area contributed by atoms with E-state index in [9.17, 15) is 5.11 Å². The Morgan fingerprint density at radius 3 is 2.69 bits per heavy atom. The van der Waals surface area contributed by atoms with Crippen LogP contribution in [0.1, 0.15) is 29.2 Å². The lowest BCUT2D eigenvalue weighted by molar-refractivity contribution is 0.174. The molecule has 72 valence electrons. The van der Waals surface area contributed by atoms with Gasteiger partial charge in [-0.25, -0.2) is 0 Å². The van der Waals surface area contributed by atoms with Crippen molar-refractivity contribution in [1.82, 2.24) is 0 Å². The van der Waals surface area contributed by atoms with E-state index in [4.69, 9.17) is 11.6 Å². The van der Waals surface area contributed by atoms with E-state index in [1.165, 1.54) is 5.56 Å². The summed E-state index contributed by atoms with van der Waals surface area (Å²) in [7, 11) is 0. The van der Waals surface area contributed by atoms with E-state index in [1.54, 1.807) is 0 Å². The highest BCUT2D eigenvalue weighted by molar-refractivity contribution is 6.17. The fraction of sp³-hybridized carbons (Fsp3) is 0.455. The molecule has 0 aliphatic carbocycles. The summed E-state index contributed by atoms with van der Waals surface area (Å²) in [5.41, 5.74) is 3.30. The molecule has 0 saturated carbocycles. The summed E-state index contributed by atoms with van der Waals surface area (Å²) in [6.07, 6.45) is 0.198. The number of aryl methyl sites for hydroxylation is 2. The van der Waals surface area contributed by atoms with Crippen LogP contribution in [0.5, 0.6) is 0 Å². The van der Waals surface area contributed by atoms with Crippen molar-refractivity contribution in [3.05, 3.63) is 34.9 Å². The van der Waals surface area contributed by atoms with Crippen molar-refractivity contribution >= 4 is 11.6 Å². The van der Waals surface area contributed by atoms with Crippen LogP contribution in [-0.4, -0.2) is 11.0 Å². The molecule has 1 nitrogen and oxygen atoms in total. The third-order valence-electron chi connectivity index (χ3n) is 2.18. The van der Waals surface area contributed by atoms with Crippen LogP contribution >= 0.6 is 11.6 Å². The highest BCUT2D eigenvalue weighted by Gasteiger charge is 2.09. The lowest BCUT2D eigenvalue weighted by atomic mass is 9.99. The van der Waals surface area contributed by atoms with Gasteiger partial charge in [-0.05, 0) is 31.4 Å². The molecule has 0 aromatic heterocycles. The molecule has 0 amide bonds. The predicted molar refractivity (Wildman–Crippen MR) is 56.2 cm³/mol. The Kier molecular flexibility index (Phi) is 3.76. The summed E-state index contributed by atoms with van der Waals surface area (Å²) < 4.78 is 0. The molecule has 0 saturated heterocycles. The summed E-state index contributed by atoms with van der Waals surface area (Å²) in [6.45, 7) is 4.03. The molecule has 0 fully saturated rings. The van der Waals surface area contributed by atoms with Crippen molar-refractivity contribution < 1.29 is 5.11 Å². The Morgan fingerprint density at radius 1 is 1.38 bits per heavy atom. The average Bonchev–Trinajstić information content (AvgIpc) is 2.09. The molecule has 0 bridgehead atoms. The van der Waals surface area contributed by atoms with Crippen LogP contribution in [0, 0.1) is 13.8 Å². The van der Waals surface area contributed by atoms with Gasteiger partial charge in [0.25, 0.3) is 0 Å². The zero-order valence-corrected chi connectivity index (χ0v) is 8.80. The first-order valence-corrected chi connectivity index (χ1v) is 4.99. The lowest BCUT2D eigenvalue weighted by Crippen LogP contribution is -2.01. The molecule has 0 radical (unpaired) electrons. The Bertz CT molecular complexity index is 283. The van der Waals surface area contributed by atoms with Gasteiger partial charge in [-0.1, -0.05) is 23.8 Å². The van der Waals surface area contributed by atoms with E-state index in [0.29, 0.717) is 12.3 Å². The van der Waals surface area contributed by atoms with Crippen LogP contribution in [0.4, 0.5) is 0 Å². The number of aliphatic hydroxyl groups is 1. The molecule has 1 N–H and O–H groups in total. The molecule has 1 aromatic carbocycles. The summed E-state index contributed by atoms with van der Waals surface area (Å²) >= 11 is 5.58.